The predicted octanol–water partition coefficient (Wildman–Crippen LogP) is 4.49. The Morgan fingerprint density at radius 3 is 2.76 bits per heavy atom. The van der Waals surface area contributed by atoms with Crippen LogP contribution < -0.4 is 5.32 Å². The van der Waals surface area contributed by atoms with Crippen molar-refractivity contribution < 1.29 is 14.0 Å². The molecule has 1 unspecified atom stereocenters. The van der Waals surface area contributed by atoms with Crippen LogP contribution in [0.1, 0.15) is 23.3 Å². The van der Waals surface area contributed by atoms with E-state index < -0.39 is 0 Å². The molecular formula is C22H20ClN3O3. The van der Waals surface area contributed by atoms with Gasteiger partial charge in [-0.3, -0.25) is 14.6 Å². The fraction of sp³-hybridized carbons (Fsp3) is 0.227. The van der Waals surface area contributed by atoms with Crippen molar-refractivity contribution in [3.05, 3.63) is 71.7 Å². The molecule has 2 amide bonds. The molecule has 0 bridgehead atoms. The van der Waals surface area contributed by atoms with Crippen LogP contribution >= 0.6 is 11.6 Å². The Hall–Kier alpha value is -3.12. The molecule has 7 heteroatoms. The van der Waals surface area contributed by atoms with Gasteiger partial charge in [-0.2, -0.15) is 0 Å². The van der Waals surface area contributed by atoms with Gasteiger partial charge in [0.1, 0.15) is 11.5 Å². The molecule has 0 radical (unpaired) electrons. The molecule has 1 saturated heterocycles. The lowest BCUT2D eigenvalue weighted by Crippen LogP contribution is -2.44. The number of carbonyl (C=O) groups is 2. The second-order valence-electron chi connectivity index (χ2n) is 6.99. The maximum atomic E-state index is 13.0. The van der Waals surface area contributed by atoms with Crippen molar-refractivity contribution in [2.24, 2.45) is 5.92 Å². The summed E-state index contributed by atoms with van der Waals surface area (Å²) < 4.78 is 5.40. The van der Waals surface area contributed by atoms with Crippen molar-refractivity contribution in [3.8, 4) is 11.3 Å². The summed E-state index contributed by atoms with van der Waals surface area (Å²) in [6, 6.07) is 14.1. The number of rotatable bonds is 4. The number of hydrogen-bond donors (Lipinski definition) is 1. The summed E-state index contributed by atoms with van der Waals surface area (Å²) in [5.41, 5.74) is 1.83. The maximum Gasteiger partial charge on any atom is 0.272 e. The Morgan fingerprint density at radius 1 is 1.17 bits per heavy atom. The van der Waals surface area contributed by atoms with Crippen LogP contribution in [0.2, 0.25) is 5.02 Å². The van der Waals surface area contributed by atoms with Crippen LogP contribution in [0.15, 0.2) is 65.4 Å². The summed E-state index contributed by atoms with van der Waals surface area (Å²) in [5, 5.41) is 3.51. The first-order valence-corrected chi connectivity index (χ1v) is 9.83. The topological polar surface area (TPSA) is 75.4 Å². The van der Waals surface area contributed by atoms with Gasteiger partial charge in [0, 0.05) is 35.6 Å². The van der Waals surface area contributed by atoms with Crippen molar-refractivity contribution in [2.75, 3.05) is 18.4 Å². The summed E-state index contributed by atoms with van der Waals surface area (Å²) in [6.45, 7) is 0.973. The smallest absolute Gasteiger partial charge is 0.272 e. The SMILES string of the molecule is O=C(Nc1ccc(Cl)cc1)C1CCCN(C(=O)c2cc(-c3ccco3)ccn2)C1. The Balaban J connectivity index is 1.44. The Kier molecular flexibility index (Phi) is 5.62. The van der Waals surface area contributed by atoms with Crippen LogP contribution in [0.4, 0.5) is 5.69 Å². The first-order valence-electron chi connectivity index (χ1n) is 9.46. The Bertz CT molecular complexity index is 1000. The van der Waals surface area contributed by atoms with Crippen LogP contribution in [-0.4, -0.2) is 34.8 Å². The first-order chi connectivity index (χ1) is 14.1. The summed E-state index contributed by atoms with van der Waals surface area (Å²) in [4.78, 5) is 31.6. The zero-order valence-corrected chi connectivity index (χ0v) is 16.4. The molecule has 2 aromatic heterocycles. The number of benzene rings is 1. The fourth-order valence-corrected chi connectivity index (χ4v) is 3.58. The van der Waals surface area contributed by atoms with Gasteiger partial charge in [0.05, 0.1) is 12.2 Å². The van der Waals surface area contributed by atoms with Gasteiger partial charge in [-0.1, -0.05) is 11.6 Å². The molecule has 1 N–H and O–H groups in total. The maximum absolute atomic E-state index is 13.0. The number of nitrogens with zero attached hydrogens (tertiary/aromatic N) is 2. The van der Waals surface area contributed by atoms with Gasteiger partial charge in [-0.05, 0) is 61.4 Å². The molecule has 148 valence electrons. The van der Waals surface area contributed by atoms with Gasteiger partial charge in [0.25, 0.3) is 5.91 Å². The van der Waals surface area contributed by atoms with Gasteiger partial charge in [0.15, 0.2) is 0 Å². The third-order valence-corrected chi connectivity index (χ3v) is 5.23. The highest BCUT2D eigenvalue weighted by molar-refractivity contribution is 6.30. The van der Waals surface area contributed by atoms with E-state index >= 15 is 0 Å². The molecular weight excluding hydrogens is 390 g/mol. The molecule has 3 heterocycles. The van der Waals surface area contributed by atoms with E-state index in [4.69, 9.17) is 16.0 Å². The lowest BCUT2D eigenvalue weighted by Gasteiger charge is -2.31. The molecule has 29 heavy (non-hydrogen) atoms. The summed E-state index contributed by atoms with van der Waals surface area (Å²) in [6.07, 6.45) is 4.69. The molecule has 1 fully saturated rings. The van der Waals surface area contributed by atoms with Crippen molar-refractivity contribution in [1.82, 2.24) is 9.88 Å². The van der Waals surface area contributed by atoms with Crippen LogP contribution in [0.5, 0.6) is 0 Å². The second-order valence-corrected chi connectivity index (χ2v) is 7.43. The number of carbonyl (C=O) groups excluding carboxylic acids is 2. The molecule has 6 nitrogen and oxygen atoms in total. The largest absolute Gasteiger partial charge is 0.464 e. The molecule has 0 aliphatic carbocycles. The highest BCUT2D eigenvalue weighted by Gasteiger charge is 2.29. The lowest BCUT2D eigenvalue weighted by atomic mass is 9.96. The molecule has 1 aliphatic rings. The van der Waals surface area contributed by atoms with Crippen molar-refractivity contribution >= 4 is 29.1 Å². The van der Waals surface area contributed by atoms with Gasteiger partial charge in [-0.15, -0.1) is 0 Å². The number of aromatic nitrogens is 1. The quantitative estimate of drug-likeness (QED) is 0.689. The molecule has 1 aromatic carbocycles. The molecule has 0 spiro atoms. The number of halogens is 1. The van der Waals surface area contributed by atoms with E-state index in [0.29, 0.717) is 35.3 Å². The third kappa shape index (κ3) is 4.49. The number of anilines is 1. The normalized spacial score (nSPS) is 16.4. The van der Waals surface area contributed by atoms with Crippen LogP contribution in [0.25, 0.3) is 11.3 Å². The Labute approximate surface area is 173 Å². The van der Waals surface area contributed by atoms with Crippen molar-refractivity contribution in [2.45, 2.75) is 12.8 Å². The minimum atomic E-state index is -0.267. The number of furan rings is 1. The monoisotopic (exact) mass is 409 g/mol. The number of likely N-dealkylation sites (tertiary alicyclic amines) is 1. The van der Waals surface area contributed by atoms with Gasteiger partial charge >= 0.3 is 0 Å². The van der Waals surface area contributed by atoms with Gasteiger partial charge in [-0.25, -0.2) is 0 Å². The second kappa shape index (κ2) is 8.49. The minimum absolute atomic E-state index is 0.0953. The minimum Gasteiger partial charge on any atom is -0.464 e. The van der Waals surface area contributed by atoms with Crippen molar-refractivity contribution in [3.63, 3.8) is 0 Å². The molecule has 1 atom stereocenters. The molecule has 1 aliphatic heterocycles. The van der Waals surface area contributed by atoms with Crippen molar-refractivity contribution in [1.29, 1.82) is 0 Å². The zero-order chi connectivity index (χ0) is 20.2. The van der Waals surface area contributed by atoms with Gasteiger partial charge in [0.2, 0.25) is 5.91 Å². The highest BCUT2D eigenvalue weighted by Crippen LogP contribution is 2.23. The molecule has 4 rings (SSSR count). The van der Waals surface area contributed by atoms with E-state index in [9.17, 15) is 9.59 Å². The summed E-state index contributed by atoms with van der Waals surface area (Å²) >= 11 is 5.88. The average molecular weight is 410 g/mol. The third-order valence-electron chi connectivity index (χ3n) is 4.98. The standard InChI is InChI=1S/C22H20ClN3O3/c23-17-5-7-18(8-6-17)25-21(27)16-3-1-11-26(14-16)22(28)19-13-15(9-10-24-19)20-4-2-12-29-20/h2,4-10,12-13,16H,1,3,11,14H2,(H,25,27). The fourth-order valence-electron chi connectivity index (χ4n) is 3.46. The molecule has 3 aromatic rings. The Morgan fingerprint density at radius 2 is 2.00 bits per heavy atom. The number of hydrogen-bond acceptors (Lipinski definition) is 4. The number of nitrogens with one attached hydrogen (secondary N) is 1. The van der Waals surface area contributed by atoms with E-state index in [1.165, 1.54) is 0 Å². The zero-order valence-electron chi connectivity index (χ0n) is 15.7. The first kappa shape index (κ1) is 19.2. The lowest BCUT2D eigenvalue weighted by molar-refractivity contribution is -0.121. The van der Waals surface area contributed by atoms with E-state index in [1.54, 1.807) is 59.8 Å². The summed E-state index contributed by atoms with van der Waals surface area (Å²) in [7, 11) is 0. The highest BCUT2D eigenvalue weighted by atomic mass is 35.5. The van der Waals surface area contributed by atoms with Gasteiger partial charge < -0.3 is 14.6 Å². The van der Waals surface area contributed by atoms with E-state index in [2.05, 4.69) is 10.3 Å². The van der Waals surface area contributed by atoms with Crippen LogP contribution in [0, 0.1) is 5.92 Å². The van der Waals surface area contributed by atoms with E-state index in [-0.39, 0.29) is 17.7 Å². The molecule has 0 saturated carbocycles. The van der Waals surface area contributed by atoms with Crippen LogP contribution in [0.3, 0.4) is 0 Å². The summed E-state index contributed by atoms with van der Waals surface area (Å²) in [5.74, 6) is 0.140. The predicted molar refractivity (Wildman–Crippen MR) is 111 cm³/mol. The number of piperidine rings is 1. The average Bonchev–Trinajstić information content (AvgIpc) is 3.30. The van der Waals surface area contributed by atoms with Crippen LogP contribution in [-0.2, 0) is 4.79 Å². The number of amides is 2. The number of pyridine rings is 1. The van der Waals surface area contributed by atoms with E-state index in [0.717, 1.165) is 18.4 Å². The van der Waals surface area contributed by atoms with E-state index in [1.807, 2.05) is 6.07 Å².